The van der Waals surface area contributed by atoms with Crippen LogP contribution >= 0.6 is 33.9 Å². The van der Waals surface area contributed by atoms with Gasteiger partial charge in [0.1, 0.15) is 5.75 Å². The first-order chi connectivity index (χ1) is 20.7. The van der Waals surface area contributed by atoms with E-state index in [0.29, 0.717) is 32.0 Å². The van der Waals surface area contributed by atoms with E-state index in [4.69, 9.17) is 9.73 Å². The average molecular weight is 701 g/mol. The molecule has 0 saturated carbocycles. The Balaban J connectivity index is 1.50. The molecule has 0 unspecified atom stereocenters. The van der Waals surface area contributed by atoms with Crippen LogP contribution in [0.2, 0.25) is 0 Å². The number of nitrogens with zero attached hydrogens (tertiary/aromatic N) is 3. The van der Waals surface area contributed by atoms with Crippen molar-refractivity contribution in [2.75, 3.05) is 12.4 Å². The number of halogens is 1. The molecule has 3 aromatic carbocycles. The lowest BCUT2D eigenvalue weighted by molar-refractivity contribution is -0.113. The largest absolute Gasteiger partial charge is 0.497 e. The summed E-state index contributed by atoms with van der Waals surface area (Å²) in [6, 6.07) is 26.5. The van der Waals surface area contributed by atoms with Gasteiger partial charge in [-0.15, -0.1) is 0 Å². The highest BCUT2D eigenvalue weighted by Gasteiger charge is 2.33. The van der Waals surface area contributed by atoms with Crippen molar-refractivity contribution in [3.63, 3.8) is 0 Å². The number of anilines is 1. The van der Waals surface area contributed by atoms with E-state index in [1.807, 2.05) is 67.6 Å². The van der Waals surface area contributed by atoms with E-state index >= 15 is 0 Å². The minimum Gasteiger partial charge on any atom is -0.497 e. The number of nitrogens with one attached hydrogen (secondary N) is 1. The van der Waals surface area contributed by atoms with Gasteiger partial charge >= 0.3 is 0 Å². The lowest BCUT2D eigenvalue weighted by Gasteiger charge is -2.25. The first-order valence-corrected chi connectivity index (χ1v) is 15.6. The first-order valence-electron chi connectivity index (χ1n) is 13.7. The number of carbonyl (C=O) groups excluding carboxylic acids is 1. The van der Waals surface area contributed by atoms with Crippen LogP contribution in [0.4, 0.5) is 5.69 Å². The number of aromatic nitrogens is 2. The lowest BCUT2D eigenvalue weighted by atomic mass is 9.95. The number of amides is 1. The van der Waals surface area contributed by atoms with Crippen LogP contribution in [0.3, 0.4) is 0 Å². The molecule has 9 heteroatoms. The maximum Gasteiger partial charge on any atom is 0.271 e. The fourth-order valence-corrected chi connectivity index (χ4v) is 6.92. The van der Waals surface area contributed by atoms with Crippen molar-refractivity contribution in [1.82, 2.24) is 9.13 Å². The molecule has 7 nitrogen and oxygen atoms in total. The highest BCUT2D eigenvalue weighted by Crippen LogP contribution is 2.32. The average Bonchev–Trinajstić information content (AvgIpc) is 3.46. The normalized spacial score (nSPS) is 14.8. The Kier molecular flexibility index (Phi) is 7.93. The van der Waals surface area contributed by atoms with Crippen molar-refractivity contribution in [2.45, 2.75) is 26.8 Å². The van der Waals surface area contributed by atoms with Crippen molar-refractivity contribution >= 4 is 51.6 Å². The van der Waals surface area contributed by atoms with Gasteiger partial charge in [0.15, 0.2) is 4.80 Å². The first kappa shape index (κ1) is 28.9. The molecule has 0 radical (unpaired) electrons. The third-order valence-corrected chi connectivity index (χ3v) is 9.25. The minimum absolute atomic E-state index is 0.201. The summed E-state index contributed by atoms with van der Waals surface area (Å²) in [5.74, 6) is 0.329. The monoisotopic (exact) mass is 700 g/mol. The predicted octanol–water partition coefficient (Wildman–Crippen LogP) is 5.89. The molecule has 6 rings (SSSR count). The Morgan fingerprint density at radius 3 is 2.47 bits per heavy atom. The van der Waals surface area contributed by atoms with Crippen LogP contribution in [-0.2, 0) is 4.79 Å². The number of hydrogen-bond acceptors (Lipinski definition) is 5. The van der Waals surface area contributed by atoms with Gasteiger partial charge in [-0.25, -0.2) is 4.99 Å². The molecule has 0 spiro atoms. The highest BCUT2D eigenvalue weighted by molar-refractivity contribution is 14.1. The number of fused-ring (bicyclic) bond motifs is 1. The smallest absolute Gasteiger partial charge is 0.271 e. The van der Waals surface area contributed by atoms with Gasteiger partial charge in [-0.2, -0.15) is 0 Å². The van der Waals surface area contributed by atoms with Gasteiger partial charge in [0, 0.05) is 26.3 Å². The zero-order valence-corrected chi connectivity index (χ0v) is 27.1. The number of thiazole rings is 1. The number of carbonyl (C=O) groups is 1. The van der Waals surface area contributed by atoms with E-state index < -0.39 is 6.04 Å². The van der Waals surface area contributed by atoms with Gasteiger partial charge in [0.2, 0.25) is 0 Å². The summed E-state index contributed by atoms with van der Waals surface area (Å²) < 4.78 is 11.0. The Morgan fingerprint density at radius 2 is 1.74 bits per heavy atom. The molecule has 0 aliphatic carbocycles. The molecule has 1 aliphatic heterocycles. The van der Waals surface area contributed by atoms with Crippen molar-refractivity contribution in [1.29, 1.82) is 0 Å². The van der Waals surface area contributed by atoms with Gasteiger partial charge in [-0.05, 0) is 115 Å². The quantitative estimate of drug-likeness (QED) is 0.225. The number of rotatable bonds is 6. The van der Waals surface area contributed by atoms with E-state index in [9.17, 15) is 9.59 Å². The summed E-state index contributed by atoms with van der Waals surface area (Å²) in [7, 11) is 1.60. The van der Waals surface area contributed by atoms with Gasteiger partial charge in [0.05, 0.1) is 29.0 Å². The molecule has 1 atom stereocenters. The van der Waals surface area contributed by atoms with Crippen molar-refractivity contribution in [3.8, 4) is 11.4 Å². The number of allylic oxidation sites excluding steroid dienone is 1. The number of methoxy groups -OCH3 is 1. The van der Waals surface area contributed by atoms with E-state index in [2.05, 4.69) is 76.7 Å². The third-order valence-electron chi connectivity index (χ3n) is 7.55. The standard InChI is InChI=1S/C34H29IN4O3S/c1-20-17-24(22(3)38(20)27-15-13-25(35)14-16-27)19-29-33(41)39-31(23-9-8-12-28(18-23)42-4)30(21(2)36-34(39)43-29)32(40)37-26-10-6-5-7-11-26/h5-19,31H,1-4H3,(H,37,40)/b29-19-/t31-/m1/s1. The summed E-state index contributed by atoms with van der Waals surface area (Å²) in [4.78, 5) is 33.3. The van der Waals surface area contributed by atoms with E-state index in [1.54, 1.807) is 11.7 Å². The van der Waals surface area contributed by atoms with Gasteiger partial charge < -0.3 is 14.6 Å². The number of para-hydroxylation sites is 1. The second-order valence-corrected chi connectivity index (χ2v) is 12.6. The number of hydrogen-bond donors (Lipinski definition) is 1. The molecule has 1 N–H and O–H groups in total. The zero-order valence-electron chi connectivity index (χ0n) is 24.1. The Hall–Kier alpha value is -4.22. The van der Waals surface area contributed by atoms with E-state index in [-0.39, 0.29) is 11.5 Å². The minimum atomic E-state index is -0.684. The molecule has 43 heavy (non-hydrogen) atoms. The molecule has 0 bridgehead atoms. The fraction of sp³-hybridized carbons (Fsp3) is 0.147. The fourth-order valence-electron chi connectivity index (χ4n) is 5.52. The Morgan fingerprint density at radius 1 is 1.00 bits per heavy atom. The molecule has 0 fully saturated rings. The topological polar surface area (TPSA) is 77.6 Å². The third kappa shape index (κ3) is 5.50. The molecule has 1 amide bonds. The maximum atomic E-state index is 14.2. The predicted molar refractivity (Wildman–Crippen MR) is 180 cm³/mol. The van der Waals surface area contributed by atoms with E-state index in [1.165, 1.54) is 14.9 Å². The molecular formula is C34H29IN4O3S. The summed E-state index contributed by atoms with van der Waals surface area (Å²) in [6.07, 6.45) is 1.93. The summed E-state index contributed by atoms with van der Waals surface area (Å²) >= 11 is 3.63. The number of benzene rings is 3. The van der Waals surface area contributed by atoms with Crippen molar-refractivity contribution in [2.24, 2.45) is 4.99 Å². The van der Waals surface area contributed by atoms with Crippen LogP contribution in [0.1, 0.15) is 35.5 Å². The lowest BCUT2D eigenvalue weighted by Crippen LogP contribution is -2.40. The van der Waals surface area contributed by atoms with E-state index in [0.717, 1.165) is 28.2 Å². The molecule has 3 heterocycles. The summed E-state index contributed by atoms with van der Waals surface area (Å²) in [5, 5.41) is 2.99. The molecular weight excluding hydrogens is 671 g/mol. The van der Waals surface area contributed by atoms with Gasteiger partial charge in [-0.3, -0.25) is 14.2 Å². The Labute approximate surface area is 266 Å². The van der Waals surface area contributed by atoms with Crippen LogP contribution in [0, 0.1) is 17.4 Å². The molecule has 1 aliphatic rings. The summed E-state index contributed by atoms with van der Waals surface area (Å²) in [6.45, 7) is 5.94. The number of aryl methyl sites for hydroxylation is 1. The Bertz CT molecular complexity index is 2070. The van der Waals surface area contributed by atoms with Crippen LogP contribution in [0.5, 0.6) is 5.75 Å². The second-order valence-electron chi connectivity index (χ2n) is 10.3. The summed E-state index contributed by atoms with van der Waals surface area (Å²) in [5.41, 5.74) is 6.33. The molecule has 0 saturated heterocycles. The van der Waals surface area contributed by atoms with Crippen molar-refractivity contribution < 1.29 is 9.53 Å². The number of ether oxygens (including phenoxy) is 1. The van der Waals surface area contributed by atoms with Crippen LogP contribution in [0.15, 0.2) is 106 Å². The molecule has 2 aromatic heterocycles. The second kappa shape index (κ2) is 11.8. The SMILES string of the molecule is COc1cccc([C@@H]2C(C(=O)Nc3ccccc3)=C(C)N=c3s/c(=C\c4cc(C)n(-c5ccc(I)cc5)c4C)c(=O)n32)c1. The van der Waals surface area contributed by atoms with Crippen molar-refractivity contribution in [3.05, 3.63) is 142 Å². The highest BCUT2D eigenvalue weighted by atomic mass is 127. The van der Waals surface area contributed by atoms with Gasteiger partial charge in [0.25, 0.3) is 11.5 Å². The van der Waals surface area contributed by atoms with Gasteiger partial charge in [-0.1, -0.05) is 41.7 Å². The zero-order chi connectivity index (χ0) is 30.2. The van der Waals surface area contributed by atoms with Crippen LogP contribution < -0.4 is 24.9 Å². The van der Waals surface area contributed by atoms with Crippen LogP contribution in [0.25, 0.3) is 11.8 Å². The molecule has 216 valence electrons. The molecule has 5 aromatic rings. The maximum absolute atomic E-state index is 14.2. The van der Waals surface area contributed by atoms with Crippen LogP contribution in [-0.4, -0.2) is 22.2 Å².